The third-order valence-electron chi connectivity index (χ3n) is 4.75. The SMILES string of the molecule is CCN(CC)Cc1cnc2c(C(=O)N3CCC[C@H]3C)cnn2c1. The fourth-order valence-electron chi connectivity index (χ4n) is 3.24. The van der Waals surface area contributed by atoms with E-state index in [1.807, 2.05) is 17.3 Å². The van der Waals surface area contributed by atoms with Gasteiger partial charge in [-0.2, -0.15) is 5.10 Å². The van der Waals surface area contributed by atoms with Gasteiger partial charge in [-0.25, -0.2) is 9.50 Å². The van der Waals surface area contributed by atoms with E-state index in [4.69, 9.17) is 0 Å². The Kier molecular flexibility index (Phi) is 4.61. The Labute approximate surface area is 137 Å². The molecule has 124 valence electrons. The van der Waals surface area contributed by atoms with E-state index >= 15 is 0 Å². The van der Waals surface area contributed by atoms with E-state index in [1.54, 1.807) is 10.7 Å². The highest BCUT2D eigenvalue weighted by Gasteiger charge is 2.28. The van der Waals surface area contributed by atoms with Crippen LogP contribution in [0.4, 0.5) is 0 Å². The molecule has 1 aliphatic rings. The Hall–Kier alpha value is -1.95. The molecule has 0 radical (unpaired) electrons. The van der Waals surface area contributed by atoms with Crippen LogP contribution in [-0.4, -0.2) is 56.0 Å². The van der Waals surface area contributed by atoms with Crippen LogP contribution in [0.25, 0.3) is 5.65 Å². The molecular formula is C17H25N5O. The van der Waals surface area contributed by atoms with Gasteiger partial charge in [0.2, 0.25) is 0 Å². The second-order valence-electron chi connectivity index (χ2n) is 6.24. The summed E-state index contributed by atoms with van der Waals surface area (Å²) in [5.74, 6) is 0.0500. The van der Waals surface area contributed by atoms with Gasteiger partial charge in [-0.1, -0.05) is 13.8 Å². The summed E-state index contributed by atoms with van der Waals surface area (Å²) in [4.78, 5) is 21.5. The molecule has 3 rings (SSSR count). The zero-order valence-corrected chi connectivity index (χ0v) is 14.2. The van der Waals surface area contributed by atoms with Crippen molar-refractivity contribution in [1.29, 1.82) is 0 Å². The van der Waals surface area contributed by atoms with E-state index in [0.29, 0.717) is 17.3 Å². The molecule has 0 unspecified atom stereocenters. The van der Waals surface area contributed by atoms with Gasteiger partial charge >= 0.3 is 0 Å². The predicted octanol–water partition coefficient (Wildman–Crippen LogP) is 2.20. The van der Waals surface area contributed by atoms with Crippen molar-refractivity contribution in [3.05, 3.63) is 29.7 Å². The monoisotopic (exact) mass is 315 g/mol. The van der Waals surface area contributed by atoms with E-state index in [1.165, 1.54) is 0 Å². The first-order valence-electron chi connectivity index (χ1n) is 8.49. The van der Waals surface area contributed by atoms with Gasteiger partial charge in [0.05, 0.1) is 6.20 Å². The molecule has 0 N–H and O–H groups in total. The van der Waals surface area contributed by atoms with Crippen molar-refractivity contribution in [3.63, 3.8) is 0 Å². The molecule has 2 aromatic heterocycles. The van der Waals surface area contributed by atoms with Gasteiger partial charge in [0.25, 0.3) is 5.91 Å². The maximum atomic E-state index is 12.7. The summed E-state index contributed by atoms with van der Waals surface area (Å²) in [6.45, 7) is 10.1. The average Bonchev–Trinajstić information content (AvgIpc) is 3.17. The summed E-state index contributed by atoms with van der Waals surface area (Å²) >= 11 is 0. The first-order valence-corrected chi connectivity index (χ1v) is 8.49. The maximum absolute atomic E-state index is 12.7. The molecule has 2 aromatic rings. The van der Waals surface area contributed by atoms with Crippen molar-refractivity contribution in [2.24, 2.45) is 0 Å². The number of hydrogen-bond acceptors (Lipinski definition) is 4. The lowest BCUT2D eigenvalue weighted by molar-refractivity contribution is 0.0749. The van der Waals surface area contributed by atoms with Crippen molar-refractivity contribution >= 4 is 11.6 Å². The van der Waals surface area contributed by atoms with Crippen LogP contribution in [0.2, 0.25) is 0 Å². The molecule has 1 aliphatic heterocycles. The van der Waals surface area contributed by atoms with Gasteiger partial charge in [-0.3, -0.25) is 9.69 Å². The van der Waals surface area contributed by atoms with E-state index in [-0.39, 0.29) is 5.91 Å². The predicted molar refractivity (Wildman–Crippen MR) is 89.3 cm³/mol. The first-order chi connectivity index (χ1) is 11.1. The van der Waals surface area contributed by atoms with Crippen LogP contribution in [0, 0.1) is 0 Å². The van der Waals surface area contributed by atoms with E-state index in [9.17, 15) is 4.79 Å². The lowest BCUT2D eigenvalue weighted by Gasteiger charge is -2.20. The number of rotatable bonds is 5. The van der Waals surface area contributed by atoms with Gasteiger partial charge in [-0.15, -0.1) is 0 Å². The molecule has 1 saturated heterocycles. The van der Waals surface area contributed by atoms with Crippen molar-refractivity contribution in [2.45, 2.75) is 46.2 Å². The normalized spacial score (nSPS) is 18.3. The maximum Gasteiger partial charge on any atom is 0.259 e. The molecule has 6 heteroatoms. The van der Waals surface area contributed by atoms with Gasteiger partial charge in [0.1, 0.15) is 5.56 Å². The Morgan fingerprint density at radius 1 is 1.35 bits per heavy atom. The largest absolute Gasteiger partial charge is 0.336 e. The molecule has 23 heavy (non-hydrogen) atoms. The fraction of sp³-hybridized carbons (Fsp3) is 0.588. The molecule has 0 bridgehead atoms. The summed E-state index contributed by atoms with van der Waals surface area (Å²) in [6, 6.07) is 0.305. The molecule has 0 saturated carbocycles. The highest BCUT2D eigenvalue weighted by atomic mass is 16.2. The van der Waals surface area contributed by atoms with Crippen LogP contribution in [0.15, 0.2) is 18.6 Å². The molecule has 0 aromatic carbocycles. The Morgan fingerprint density at radius 2 is 2.13 bits per heavy atom. The number of fused-ring (bicyclic) bond motifs is 1. The smallest absolute Gasteiger partial charge is 0.259 e. The molecule has 3 heterocycles. The first kappa shape index (κ1) is 15.9. The van der Waals surface area contributed by atoms with E-state index in [2.05, 4.69) is 35.8 Å². The van der Waals surface area contributed by atoms with Gasteiger partial charge in [-0.05, 0) is 32.9 Å². The van der Waals surface area contributed by atoms with E-state index < -0.39 is 0 Å². The molecular weight excluding hydrogens is 290 g/mol. The third kappa shape index (κ3) is 3.08. The zero-order chi connectivity index (χ0) is 16.4. The summed E-state index contributed by atoms with van der Waals surface area (Å²) in [5, 5.41) is 4.34. The van der Waals surface area contributed by atoms with Crippen LogP contribution in [0.1, 0.15) is 49.5 Å². The lowest BCUT2D eigenvalue weighted by atomic mass is 10.2. The molecule has 6 nitrogen and oxygen atoms in total. The number of nitrogens with zero attached hydrogens (tertiary/aromatic N) is 5. The lowest BCUT2D eigenvalue weighted by Crippen LogP contribution is -2.33. The minimum Gasteiger partial charge on any atom is -0.336 e. The van der Waals surface area contributed by atoms with Crippen LogP contribution in [0.3, 0.4) is 0 Å². The van der Waals surface area contributed by atoms with Crippen molar-refractivity contribution in [2.75, 3.05) is 19.6 Å². The Morgan fingerprint density at radius 3 is 2.78 bits per heavy atom. The van der Waals surface area contributed by atoms with Crippen molar-refractivity contribution < 1.29 is 4.79 Å². The molecule has 1 amide bonds. The van der Waals surface area contributed by atoms with Crippen molar-refractivity contribution in [1.82, 2.24) is 24.4 Å². The van der Waals surface area contributed by atoms with Crippen LogP contribution < -0.4 is 0 Å². The second-order valence-corrected chi connectivity index (χ2v) is 6.24. The summed E-state index contributed by atoms with van der Waals surface area (Å²) in [7, 11) is 0. The quantitative estimate of drug-likeness (QED) is 0.849. The molecule has 1 atom stereocenters. The molecule has 0 aliphatic carbocycles. The summed E-state index contributed by atoms with van der Waals surface area (Å²) < 4.78 is 1.73. The van der Waals surface area contributed by atoms with Crippen molar-refractivity contribution in [3.8, 4) is 0 Å². The number of carbonyl (C=O) groups excluding carboxylic acids is 1. The molecule has 0 spiro atoms. The number of likely N-dealkylation sites (tertiary alicyclic amines) is 1. The number of aromatic nitrogens is 3. The van der Waals surface area contributed by atoms with Gasteiger partial charge < -0.3 is 4.90 Å². The topological polar surface area (TPSA) is 53.7 Å². The fourth-order valence-corrected chi connectivity index (χ4v) is 3.24. The number of amides is 1. The minimum absolute atomic E-state index is 0.0500. The van der Waals surface area contributed by atoms with Crippen LogP contribution in [-0.2, 0) is 6.54 Å². The summed E-state index contributed by atoms with van der Waals surface area (Å²) in [5.41, 5.74) is 2.36. The minimum atomic E-state index is 0.0500. The standard InChI is InChI=1S/C17H25N5O/c1-4-20(5-2)11-14-9-18-16-15(10-19-22(16)12-14)17(23)21-8-6-7-13(21)3/h9-10,12-13H,4-8,11H2,1-3H3/t13-/m1/s1. The second kappa shape index (κ2) is 6.66. The highest BCUT2D eigenvalue weighted by Crippen LogP contribution is 2.21. The highest BCUT2D eigenvalue weighted by molar-refractivity contribution is 5.99. The average molecular weight is 315 g/mol. The van der Waals surface area contributed by atoms with Gasteiger partial charge in [0, 0.05) is 37.1 Å². The van der Waals surface area contributed by atoms with Crippen LogP contribution in [0.5, 0.6) is 0 Å². The summed E-state index contributed by atoms with van der Waals surface area (Å²) in [6.07, 6.45) is 7.64. The third-order valence-corrected chi connectivity index (χ3v) is 4.75. The zero-order valence-electron chi connectivity index (χ0n) is 14.2. The van der Waals surface area contributed by atoms with E-state index in [0.717, 1.165) is 44.6 Å². The number of hydrogen-bond donors (Lipinski definition) is 0. The van der Waals surface area contributed by atoms with Gasteiger partial charge in [0.15, 0.2) is 5.65 Å². The number of carbonyl (C=O) groups is 1. The Balaban J connectivity index is 1.85. The molecule has 1 fully saturated rings. The Bertz CT molecular complexity index is 691. The van der Waals surface area contributed by atoms with Crippen LogP contribution >= 0.6 is 0 Å².